The number of hydrogen-bond acceptors (Lipinski definition) is 5. The molecule has 40 heavy (non-hydrogen) atoms. The maximum absolute atomic E-state index is 13.8. The monoisotopic (exact) mass is 562 g/mol. The third kappa shape index (κ3) is 5.82. The normalized spacial score (nSPS) is 24.2. The Hall–Kier alpha value is -3.14. The van der Waals surface area contributed by atoms with Crippen LogP contribution >= 0.6 is 0 Å². The first-order chi connectivity index (χ1) is 18.9. The zero-order valence-corrected chi connectivity index (χ0v) is 23.9. The summed E-state index contributed by atoms with van der Waals surface area (Å²) in [7, 11) is 3.26. The second kappa shape index (κ2) is 11.4. The molecule has 1 aromatic carbocycles. The molecule has 2 amide bonds. The molecule has 1 aromatic rings. The number of nitrogens with zero attached hydrogens (tertiary/aromatic N) is 1. The summed E-state index contributed by atoms with van der Waals surface area (Å²) in [5.74, 6) is -2.68. The lowest BCUT2D eigenvalue weighted by Gasteiger charge is -2.48. The highest BCUT2D eigenvalue weighted by Gasteiger charge is 2.63. The average Bonchev–Trinajstić information content (AvgIpc) is 3.74. The molecule has 0 radical (unpaired) electrons. The van der Waals surface area contributed by atoms with Gasteiger partial charge in [0.2, 0.25) is 0 Å². The minimum Gasteiger partial charge on any atom is -0.501 e. The Morgan fingerprint density at radius 3 is 2.33 bits per heavy atom. The number of nitrogens with one attached hydrogen (secondary N) is 1. The number of urea groups is 1. The number of methoxy groups -OCH3 is 2. The summed E-state index contributed by atoms with van der Waals surface area (Å²) in [4.78, 5) is 27.2. The van der Waals surface area contributed by atoms with Crippen molar-refractivity contribution in [2.24, 2.45) is 11.3 Å². The zero-order valence-electron chi connectivity index (χ0n) is 23.9. The Bertz CT molecular complexity index is 1170. The standard InChI is InChI=1S/C30H40F2N2O6/c1-19-25(39-5)24(22-11-12-22)23(38-4)15-28(19,3)20(2)34(13-14-40-16-21-9-7-6-8-10-21)27(37)33-29(26(35)36)17-30(31,32)18-29/h6-10,20,22H,11-18H2,1-5H3,(H,33,37)(H,35,36)/t20-,28?/m1/s1. The first kappa shape index (κ1) is 29.8. The summed E-state index contributed by atoms with van der Waals surface area (Å²) in [6.45, 7) is 6.51. The molecule has 0 saturated heterocycles. The van der Waals surface area contributed by atoms with Crippen LogP contribution in [0, 0.1) is 11.3 Å². The lowest BCUT2D eigenvalue weighted by Crippen LogP contribution is -2.69. The van der Waals surface area contributed by atoms with Crippen LogP contribution in [0.15, 0.2) is 53.0 Å². The quantitative estimate of drug-likeness (QED) is 0.327. The average molecular weight is 563 g/mol. The molecular weight excluding hydrogens is 522 g/mol. The van der Waals surface area contributed by atoms with E-state index in [0.29, 0.717) is 18.9 Å². The molecular formula is C30H40F2N2O6. The van der Waals surface area contributed by atoms with Crippen molar-refractivity contribution < 1.29 is 37.7 Å². The largest absolute Gasteiger partial charge is 0.501 e. The van der Waals surface area contributed by atoms with E-state index in [2.05, 4.69) is 5.32 Å². The van der Waals surface area contributed by atoms with Gasteiger partial charge in [-0.05, 0) is 43.7 Å². The van der Waals surface area contributed by atoms with Crippen molar-refractivity contribution in [3.8, 4) is 0 Å². The van der Waals surface area contributed by atoms with Gasteiger partial charge in [0.1, 0.15) is 11.5 Å². The minimum absolute atomic E-state index is 0.124. The Kier molecular flexibility index (Phi) is 8.49. The maximum Gasteiger partial charge on any atom is 0.329 e. The van der Waals surface area contributed by atoms with Crippen molar-refractivity contribution >= 4 is 12.0 Å². The number of allylic oxidation sites excluding steroid dienone is 2. The highest BCUT2D eigenvalue weighted by molar-refractivity contribution is 5.88. The number of hydrogen-bond donors (Lipinski definition) is 2. The predicted octanol–water partition coefficient (Wildman–Crippen LogP) is 5.50. The lowest BCUT2D eigenvalue weighted by atomic mass is 9.68. The number of carboxylic acids is 1. The number of benzene rings is 1. The van der Waals surface area contributed by atoms with Crippen molar-refractivity contribution in [3.63, 3.8) is 0 Å². The predicted molar refractivity (Wildman–Crippen MR) is 145 cm³/mol. The van der Waals surface area contributed by atoms with Gasteiger partial charge >= 0.3 is 12.0 Å². The second-order valence-corrected chi connectivity index (χ2v) is 11.5. The van der Waals surface area contributed by atoms with Crippen LogP contribution in [0.5, 0.6) is 0 Å². The Morgan fingerprint density at radius 2 is 1.80 bits per heavy atom. The number of carbonyl (C=O) groups excluding carboxylic acids is 1. The van der Waals surface area contributed by atoms with E-state index in [1.54, 1.807) is 14.2 Å². The van der Waals surface area contributed by atoms with Crippen LogP contribution in [0.3, 0.4) is 0 Å². The number of carboxylic acid groups (broad SMARTS) is 1. The van der Waals surface area contributed by atoms with Gasteiger partial charge in [0, 0.05) is 42.8 Å². The fourth-order valence-electron chi connectivity index (χ4n) is 5.98. The maximum atomic E-state index is 13.8. The molecule has 0 spiro atoms. The summed E-state index contributed by atoms with van der Waals surface area (Å²) < 4.78 is 45.2. The Labute approximate surface area is 234 Å². The number of halogens is 2. The summed E-state index contributed by atoms with van der Waals surface area (Å²) in [5.41, 5.74) is 0.327. The van der Waals surface area contributed by atoms with Gasteiger partial charge in [-0.2, -0.15) is 0 Å². The van der Waals surface area contributed by atoms with Crippen LogP contribution in [0.4, 0.5) is 13.6 Å². The smallest absolute Gasteiger partial charge is 0.329 e. The van der Waals surface area contributed by atoms with E-state index in [0.717, 1.165) is 41.1 Å². The van der Waals surface area contributed by atoms with Gasteiger partial charge in [-0.25, -0.2) is 18.4 Å². The summed E-state index contributed by atoms with van der Waals surface area (Å²) in [5, 5.41) is 12.2. The lowest BCUT2D eigenvalue weighted by molar-refractivity contribution is -0.175. The van der Waals surface area contributed by atoms with Crippen LogP contribution in [0.25, 0.3) is 0 Å². The number of alkyl halides is 2. The van der Waals surface area contributed by atoms with Gasteiger partial charge in [-0.15, -0.1) is 0 Å². The third-order valence-electron chi connectivity index (χ3n) is 8.82. The van der Waals surface area contributed by atoms with Crippen molar-refractivity contribution in [2.75, 3.05) is 27.4 Å². The van der Waals surface area contributed by atoms with Crippen molar-refractivity contribution in [1.82, 2.24) is 10.2 Å². The molecule has 2 fully saturated rings. The first-order valence-corrected chi connectivity index (χ1v) is 13.7. The second-order valence-electron chi connectivity index (χ2n) is 11.5. The zero-order chi connectivity index (χ0) is 29.3. The molecule has 0 aromatic heterocycles. The topological polar surface area (TPSA) is 97.3 Å². The summed E-state index contributed by atoms with van der Waals surface area (Å²) >= 11 is 0. The first-order valence-electron chi connectivity index (χ1n) is 13.7. The molecule has 220 valence electrons. The molecule has 0 bridgehead atoms. The Balaban J connectivity index is 1.60. The number of rotatable bonds is 12. The molecule has 2 N–H and O–H groups in total. The van der Waals surface area contributed by atoms with Crippen LogP contribution in [-0.2, 0) is 25.6 Å². The van der Waals surface area contributed by atoms with E-state index in [1.807, 2.05) is 51.1 Å². The fourth-order valence-corrected chi connectivity index (χ4v) is 5.98. The van der Waals surface area contributed by atoms with Gasteiger partial charge in [0.25, 0.3) is 5.92 Å². The van der Waals surface area contributed by atoms with Gasteiger partial charge < -0.3 is 29.5 Å². The van der Waals surface area contributed by atoms with E-state index >= 15 is 0 Å². The number of amides is 2. The molecule has 1 unspecified atom stereocenters. The summed E-state index contributed by atoms with van der Waals surface area (Å²) in [6, 6.07) is 8.37. The highest BCUT2D eigenvalue weighted by atomic mass is 19.3. The van der Waals surface area contributed by atoms with Crippen molar-refractivity contribution in [2.45, 2.75) is 77.0 Å². The van der Waals surface area contributed by atoms with Crippen molar-refractivity contribution in [3.05, 3.63) is 58.6 Å². The molecule has 3 aliphatic carbocycles. The van der Waals surface area contributed by atoms with E-state index in [4.69, 9.17) is 14.2 Å². The molecule has 10 heteroatoms. The van der Waals surface area contributed by atoms with Crippen LogP contribution < -0.4 is 5.32 Å². The molecule has 4 rings (SSSR count). The molecule has 8 nitrogen and oxygen atoms in total. The van der Waals surface area contributed by atoms with Crippen LogP contribution in [0.1, 0.15) is 58.4 Å². The molecule has 3 aliphatic rings. The number of ether oxygens (including phenoxy) is 3. The van der Waals surface area contributed by atoms with Gasteiger partial charge in [0.15, 0.2) is 5.54 Å². The molecule has 2 atom stereocenters. The Morgan fingerprint density at radius 1 is 1.15 bits per heavy atom. The van der Waals surface area contributed by atoms with E-state index in [9.17, 15) is 23.5 Å². The molecule has 0 heterocycles. The van der Waals surface area contributed by atoms with Crippen LogP contribution in [0.2, 0.25) is 0 Å². The third-order valence-corrected chi connectivity index (χ3v) is 8.82. The number of aliphatic carboxylic acids is 1. The van der Waals surface area contributed by atoms with Crippen molar-refractivity contribution in [1.29, 1.82) is 0 Å². The van der Waals surface area contributed by atoms with Gasteiger partial charge in [-0.1, -0.05) is 37.3 Å². The number of carbonyl (C=O) groups is 2. The SMILES string of the molecule is COC1=C(C2CC2)C(OC)=C(C)C(C)([C@@H](C)N(CCOCc2ccccc2)C(=O)NC2(C(=O)O)CC(F)(F)C2)C1. The highest BCUT2D eigenvalue weighted by Crippen LogP contribution is 2.53. The summed E-state index contributed by atoms with van der Waals surface area (Å²) in [6.07, 6.45) is 0.734. The minimum atomic E-state index is -3.14. The van der Waals surface area contributed by atoms with Gasteiger partial charge in [-0.3, -0.25) is 0 Å². The van der Waals surface area contributed by atoms with E-state index < -0.39 is 47.8 Å². The molecule has 2 saturated carbocycles. The van der Waals surface area contributed by atoms with E-state index in [-0.39, 0.29) is 13.2 Å². The molecule has 0 aliphatic heterocycles. The van der Waals surface area contributed by atoms with Crippen LogP contribution in [-0.4, -0.2) is 66.9 Å². The van der Waals surface area contributed by atoms with Gasteiger partial charge in [0.05, 0.1) is 27.4 Å². The van der Waals surface area contributed by atoms with E-state index in [1.165, 1.54) is 4.90 Å². The fraction of sp³-hybridized carbons (Fsp3) is 0.600.